The van der Waals surface area contributed by atoms with Crippen molar-refractivity contribution in [1.29, 1.82) is 0 Å². The Morgan fingerprint density at radius 3 is 2.29 bits per heavy atom. The number of benzene rings is 1. The summed E-state index contributed by atoms with van der Waals surface area (Å²) in [7, 11) is 0. The van der Waals surface area contributed by atoms with Gasteiger partial charge in [-0.15, -0.1) is 12.4 Å². The van der Waals surface area contributed by atoms with Gasteiger partial charge < -0.3 is 10.5 Å². The van der Waals surface area contributed by atoms with Crippen molar-refractivity contribution in [1.82, 2.24) is 0 Å². The number of hydrogen-bond donors (Lipinski definition) is 1. The maximum atomic E-state index is 5.57. The van der Waals surface area contributed by atoms with Crippen LogP contribution in [0.15, 0.2) is 12.1 Å². The SMILES string of the molecule is Cc1ccc(C)c(OCCN)c1C.Cl. The monoisotopic (exact) mass is 215 g/mol. The zero-order valence-corrected chi connectivity index (χ0v) is 9.78. The molecule has 14 heavy (non-hydrogen) atoms. The summed E-state index contributed by atoms with van der Waals surface area (Å²) in [6.07, 6.45) is 0. The zero-order chi connectivity index (χ0) is 9.84. The van der Waals surface area contributed by atoms with Gasteiger partial charge in [0.2, 0.25) is 0 Å². The summed E-state index contributed by atoms with van der Waals surface area (Å²) < 4.78 is 5.57. The molecule has 80 valence electrons. The smallest absolute Gasteiger partial charge is 0.125 e. The first kappa shape index (κ1) is 13.3. The van der Waals surface area contributed by atoms with Crippen LogP contribution in [0.25, 0.3) is 0 Å². The Morgan fingerprint density at radius 1 is 1.14 bits per heavy atom. The molecule has 1 aromatic rings. The molecular formula is C11H18ClNO. The fourth-order valence-electron chi connectivity index (χ4n) is 1.31. The van der Waals surface area contributed by atoms with Crippen molar-refractivity contribution in [3.05, 3.63) is 28.8 Å². The molecule has 0 saturated carbocycles. The molecule has 0 heterocycles. The fourth-order valence-corrected chi connectivity index (χ4v) is 1.31. The maximum Gasteiger partial charge on any atom is 0.125 e. The third kappa shape index (κ3) is 2.89. The Labute approximate surface area is 91.9 Å². The highest BCUT2D eigenvalue weighted by atomic mass is 35.5. The van der Waals surface area contributed by atoms with Crippen LogP contribution in [0.1, 0.15) is 16.7 Å². The molecule has 0 aliphatic heterocycles. The minimum absolute atomic E-state index is 0. The van der Waals surface area contributed by atoms with Gasteiger partial charge in [-0.1, -0.05) is 12.1 Å². The van der Waals surface area contributed by atoms with E-state index in [0.717, 1.165) is 5.75 Å². The summed E-state index contributed by atoms with van der Waals surface area (Å²) in [5.41, 5.74) is 9.04. The Hall–Kier alpha value is -0.730. The van der Waals surface area contributed by atoms with Crippen LogP contribution in [0.2, 0.25) is 0 Å². The number of rotatable bonds is 3. The van der Waals surface area contributed by atoms with E-state index in [1.54, 1.807) is 0 Å². The first-order chi connectivity index (χ1) is 6.16. The summed E-state index contributed by atoms with van der Waals surface area (Å²) in [5.74, 6) is 0.991. The molecule has 1 aromatic carbocycles. The van der Waals surface area contributed by atoms with Crippen LogP contribution in [-0.4, -0.2) is 13.2 Å². The van der Waals surface area contributed by atoms with Crippen molar-refractivity contribution in [3.63, 3.8) is 0 Å². The Bertz CT molecular complexity index is 300. The van der Waals surface area contributed by atoms with Crippen molar-refractivity contribution < 1.29 is 4.74 Å². The van der Waals surface area contributed by atoms with Crippen molar-refractivity contribution in [2.45, 2.75) is 20.8 Å². The van der Waals surface area contributed by atoms with Gasteiger partial charge in [-0.25, -0.2) is 0 Å². The van der Waals surface area contributed by atoms with Crippen LogP contribution >= 0.6 is 12.4 Å². The number of ether oxygens (including phenoxy) is 1. The Kier molecular flexibility index (Phi) is 5.58. The molecule has 0 aliphatic rings. The van der Waals surface area contributed by atoms with Crippen LogP contribution < -0.4 is 10.5 Å². The topological polar surface area (TPSA) is 35.2 Å². The molecule has 0 saturated heterocycles. The number of nitrogens with two attached hydrogens (primary N) is 1. The second-order valence-electron chi connectivity index (χ2n) is 3.29. The molecule has 1 rings (SSSR count). The lowest BCUT2D eigenvalue weighted by molar-refractivity contribution is 0.323. The van der Waals surface area contributed by atoms with E-state index >= 15 is 0 Å². The number of halogens is 1. The van der Waals surface area contributed by atoms with Crippen LogP contribution in [0.5, 0.6) is 5.75 Å². The van der Waals surface area contributed by atoms with Crippen molar-refractivity contribution in [3.8, 4) is 5.75 Å². The standard InChI is InChI=1S/C11H17NO.ClH/c1-8-4-5-9(2)11(10(8)3)13-7-6-12;/h4-5H,6-7,12H2,1-3H3;1H. The van der Waals surface area contributed by atoms with E-state index in [0.29, 0.717) is 13.2 Å². The van der Waals surface area contributed by atoms with E-state index in [4.69, 9.17) is 10.5 Å². The van der Waals surface area contributed by atoms with Gasteiger partial charge in [0.1, 0.15) is 12.4 Å². The molecule has 2 N–H and O–H groups in total. The molecule has 0 radical (unpaired) electrons. The highest BCUT2D eigenvalue weighted by molar-refractivity contribution is 5.85. The average molecular weight is 216 g/mol. The van der Waals surface area contributed by atoms with E-state index in [2.05, 4.69) is 32.9 Å². The molecule has 2 nitrogen and oxygen atoms in total. The molecule has 0 atom stereocenters. The third-order valence-electron chi connectivity index (χ3n) is 2.24. The van der Waals surface area contributed by atoms with E-state index in [9.17, 15) is 0 Å². The first-order valence-corrected chi connectivity index (χ1v) is 4.56. The van der Waals surface area contributed by atoms with Crippen molar-refractivity contribution in [2.75, 3.05) is 13.2 Å². The third-order valence-corrected chi connectivity index (χ3v) is 2.24. The summed E-state index contributed by atoms with van der Waals surface area (Å²) >= 11 is 0. The molecule has 0 aromatic heterocycles. The van der Waals surface area contributed by atoms with Gasteiger partial charge in [-0.2, -0.15) is 0 Å². The molecule has 0 spiro atoms. The Morgan fingerprint density at radius 2 is 1.71 bits per heavy atom. The predicted molar refractivity (Wildman–Crippen MR) is 62.5 cm³/mol. The zero-order valence-electron chi connectivity index (χ0n) is 8.96. The van der Waals surface area contributed by atoms with Crippen LogP contribution in [-0.2, 0) is 0 Å². The highest BCUT2D eigenvalue weighted by Gasteiger charge is 2.04. The maximum absolute atomic E-state index is 5.57. The van der Waals surface area contributed by atoms with Gasteiger partial charge in [0.15, 0.2) is 0 Å². The molecule has 0 bridgehead atoms. The fraction of sp³-hybridized carbons (Fsp3) is 0.455. The van der Waals surface area contributed by atoms with E-state index in [-0.39, 0.29) is 12.4 Å². The minimum Gasteiger partial charge on any atom is -0.492 e. The quantitative estimate of drug-likeness (QED) is 0.841. The molecule has 0 aliphatic carbocycles. The van der Waals surface area contributed by atoms with E-state index < -0.39 is 0 Å². The van der Waals surface area contributed by atoms with Crippen molar-refractivity contribution in [2.24, 2.45) is 5.73 Å². The number of aryl methyl sites for hydroxylation is 2. The van der Waals surface area contributed by atoms with Gasteiger partial charge in [0.25, 0.3) is 0 Å². The molecular weight excluding hydrogens is 198 g/mol. The van der Waals surface area contributed by atoms with Crippen LogP contribution in [0.4, 0.5) is 0 Å². The number of hydrogen-bond acceptors (Lipinski definition) is 2. The average Bonchev–Trinajstić information content (AvgIpc) is 2.12. The summed E-state index contributed by atoms with van der Waals surface area (Å²) in [4.78, 5) is 0. The molecule has 0 unspecified atom stereocenters. The highest BCUT2D eigenvalue weighted by Crippen LogP contribution is 2.25. The van der Waals surface area contributed by atoms with Gasteiger partial charge in [0, 0.05) is 6.54 Å². The normalized spacial score (nSPS) is 9.43. The van der Waals surface area contributed by atoms with E-state index in [1.807, 2.05) is 0 Å². The van der Waals surface area contributed by atoms with Crippen LogP contribution in [0.3, 0.4) is 0 Å². The lowest BCUT2D eigenvalue weighted by Crippen LogP contribution is -2.12. The summed E-state index contributed by atoms with van der Waals surface area (Å²) in [5, 5.41) is 0. The van der Waals surface area contributed by atoms with Crippen molar-refractivity contribution >= 4 is 12.4 Å². The van der Waals surface area contributed by atoms with E-state index in [1.165, 1.54) is 16.7 Å². The second-order valence-corrected chi connectivity index (χ2v) is 3.29. The summed E-state index contributed by atoms with van der Waals surface area (Å²) in [6.45, 7) is 7.37. The molecule has 0 amide bonds. The lowest BCUT2D eigenvalue weighted by atomic mass is 10.1. The summed E-state index contributed by atoms with van der Waals surface area (Å²) in [6, 6.07) is 4.19. The molecule has 0 fully saturated rings. The van der Waals surface area contributed by atoms with Gasteiger partial charge >= 0.3 is 0 Å². The minimum atomic E-state index is 0. The van der Waals surface area contributed by atoms with Crippen LogP contribution in [0, 0.1) is 20.8 Å². The molecule has 3 heteroatoms. The lowest BCUT2D eigenvalue weighted by Gasteiger charge is -2.12. The second kappa shape index (κ2) is 5.89. The first-order valence-electron chi connectivity index (χ1n) is 4.56. The van der Waals surface area contributed by atoms with Gasteiger partial charge in [-0.05, 0) is 37.5 Å². The largest absolute Gasteiger partial charge is 0.492 e. The van der Waals surface area contributed by atoms with Gasteiger partial charge in [-0.3, -0.25) is 0 Å². The Balaban J connectivity index is 0.00000169. The van der Waals surface area contributed by atoms with Gasteiger partial charge in [0.05, 0.1) is 0 Å². The predicted octanol–water partition coefficient (Wildman–Crippen LogP) is 2.37.